The van der Waals surface area contributed by atoms with Crippen LogP contribution in [0.3, 0.4) is 0 Å². The number of Topliss-reactive ketones (excluding diaryl/α,β-unsaturated/α-hetero) is 1. The van der Waals surface area contributed by atoms with E-state index in [-0.39, 0.29) is 11.8 Å². The molecule has 1 aromatic carbocycles. The van der Waals surface area contributed by atoms with Gasteiger partial charge in [-0.25, -0.2) is 0 Å². The second kappa shape index (κ2) is 6.71. The number of ketones is 1. The fourth-order valence-electron chi connectivity index (χ4n) is 3.15. The molecule has 0 N–H and O–H groups in total. The second-order valence-corrected chi connectivity index (χ2v) is 6.61. The number of nitrogens with zero attached hydrogens (tertiary/aromatic N) is 2. The molecule has 0 saturated carbocycles. The highest BCUT2D eigenvalue weighted by atomic mass is 16.1. The van der Waals surface area contributed by atoms with E-state index in [1.165, 1.54) is 12.8 Å². The Bertz CT molecular complexity index is 510. The number of aryl methyl sites for hydroxylation is 2. The Labute approximate surface area is 128 Å². The van der Waals surface area contributed by atoms with Crippen LogP contribution in [0.5, 0.6) is 0 Å². The molecule has 1 heterocycles. The lowest BCUT2D eigenvalue weighted by molar-refractivity contribution is 0.0698. The van der Waals surface area contributed by atoms with Crippen molar-refractivity contribution >= 4 is 5.78 Å². The van der Waals surface area contributed by atoms with Crippen molar-refractivity contribution in [2.24, 2.45) is 0 Å². The molecule has 1 saturated heterocycles. The van der Waals surface area contributed by atoms with E-state index in [1.54, 1.807) is 0 Å². The van der Waals surface area contributed by atoms with Crippen LogP contribution in [0.4, 0.5) is 0 Å². The summed E-state index contributed by atoms with van der Waals surface area (Å²) in [5.74, 6) is 0.260. The van der Waals surface area contributed by atoms with Crippen LogP contribution >= 0.6 is 0 Å². The Morgan fingerprint density at radius 2 is 2.05 bits per heavy atom. The number of likely N-dealkylation sites (N-methyl/N-ethyl adjacent to an activating group) is 1. The Morgan fingerprint density at radius 1 is 1.33 bits per heavy atom. The van der Waals surface area contributed by atoms with Crippen LogP contribution in [0.2, 0.25) is 0 Å². The standard InChI is InChI=1S/C18H28N2O/c1-13-8-9-14(2)17(11-13)18(21)15(3)20-10-6-7-16(12-20)19(4)5/h8-9,11,15-16H,6-7,10,12H2,1-5H3. The van der Waals surface area contributed by atoms with Crippen LogP contribution in [0.15, 0.2) is 18.2 Å². The predicted octanol–water partition coefficient (Wildman–Crippen LogP) is 2.90. The van der Waals surface area contributed by atoms with Gasteiger partial charge in [0.25, 0.3) is 0 Å². The van der Waals surface area contributed by atoms with Gasteiger partial charge in [-0.3, -0.25) is 9.69 Å². The van der Waals surface area contributed by atoms with E-state index in [2.05, 4.69) is 36.9 Å². The Morgan fingerprint density at radius 3 is 2.71 bits per heavy atom. The summed E-state index contributed by atoms with van der Waals surface area (Å²) in [5, 5.41) is 0. The number of carbonyl (C=O) groups excluding carboxylic acids is 1. The summed E-state index contributed by atoms with van der Waals surface area (Å²) < 4.78 is 0. The van der Waals surface area contributed by atoms with E-state index in [4.69, 9.17) is 0 Å². The molecule has 1 aliphatic heterocycles. The van der Waals surface area contributed by atoms with Gasteiger partial charge in [-0.05, 0) is 65.9 Å². The van der Waals surface area contributed by atoms with Crippen LogP contribution < -0.4 is 0 Å². The molecular weight excluding hydrogens is 260 g/mol. The van der Waals surface area contributed by atoms with E-state index >= 15 is 0 Å². The quantitative estimate of drug-likeness (QED) is 0.796. The van der Waals surface area contributed by atoms with Crippen LogP contribution in [0.25, 0.3) is 0 Å². The minimum absolute atomic E-state index is 0.0340. The van der Waals surface area contributed by atoms with Crippen molar-refractivity contribution in [3.8, 4) is 0 Å². The molecule has 3 nitrogen and oxygen atoms in total. The molecule has 1 aromatic rings. The minimum Gasteiger partial charge on any atom is -0.305 e. The van der Waals surface area contributed by atoms with Crippen molar-refractivity contribution in [2.45, 2.75) is 45.7 Å². The summed E-state index contributed by atoms with van der Waals surface area (Å²) in [6.45, 7) is 8.15. The largest absolute Gasteiger partial charge is 0.305 e. The van der Waals surface area contributed by atoms with Gasteiger partial charge in [-0.1, -0.05) is 17.7 Å². The highest BCUT2D eigenvalue weighted by Crippen LogP contribution is 2.20. The first-order valence-electron chi connectivity index (χ1n) is 7.92. The van der Waals surface area contributed by atoms with Crippen LogP contribution in [0, 0.1) is 13.8 Å². The SMILES string of the molecule is Cc1ccc(C)c(C(=O)C(C)N2CCCC(N(C)C)C2)c1. The number of benzene rings is 1. The maximum Gasteiger partial charge on any atom is 0.179 e. The normalized spacial score (nSPS) is 21.5. The van der Waals surface area contributed by atoms with E-state index in [0.717, 1.165) is 29.8 Å². The van der Waals surface area contributed by atoms with Gasteiger partial charge in [0.1, 0.15) is 0 Å². The van der Waals surface area contributed by atoms with Crippen LogP contribution in [0.1, 0.15) is 41.3 Å². The molecule has 0 amide bonds. The highest BCUT2D eigenvalue weighted by Gasteiger charge is 2.29. The maximum atomic E-state index is 12.8. The van der Waals surface area contributed by atoms with Crippen molar-refractivity contribution < 1.29 is 4.79 Å². The molecule has 2 unspecified atom stereocenters. The third-order valence-corrected chi connectivity index (χ3v) is 4.74. The van der Waals surface area contributed by atoms with Crippen molar-refractivity contribution in [3.05, 3.63) is 34.9 Å². The third kappa shape index (κ3) is 3.72. The van der Waals surface area contributed by atoms with Crippen LogP contribution in [-0.4, -0.2) is 54.9 Å². The second-order valence-electron chi connectivity index (χ2n) is 6.61. The summed E-state index contributed by atoms with van der Waals surface area (Å²) in [4.78, 5) is 17.5. The van der Waals surface area contributed by atoms with E-state index in [0.29, 0.717) is 6.04 Å². The van der Waals surface area contributed by atoms with E-state index < -0.39 is 0 Å². The molecule has 0 bridgehead atoms. The molecule has 0 radical (unpaired) electrons. The zero-order chi connectivity index (χ0) is 15.6. The molecule has 0 spiro atoms. The number of hydrogen-bond donors (Lipinski definition) is 0. The average Bonchev–Trinajstić information content (AvgIpc) is 2.48. The van der Waals surface area contributed by atoms with Gasteiger partial charge in [0.05, 0.1) is 6.04 Å². The van der Waals surface area contributed by atoms with Gasteiger partial charge in [0.2, 0.25) is 0 Å². The van der Waals surface area contributed by atoms with Gasteiger partial charge in [0, 0.05) is 18.2 Å². The Hall–Kier alpha value is -1.19. The number of hydrogen-bond acceptors (Lipinski definition) is 3. The lowest BCUT2D eigenvalue weighted by Gasteiger charge is -2.38. The first-order chi connectivity index (χ1) is 9.90. The lowest BCUT2D eigenvalue weighted by atomic mass is 9.95. The number of piperidine rings is 1. The zero-order valence-corrected chi connectivity index (χ0v) is 14.0. The average molecular weight is 288 g/mol. The summed E-state index contributed by atoms with van der Waals surface area (Å²) in [6.07, 6.45) is 2.40. The molecule has 1 fully saturated rings. The van der Waals surface area contributed by atoms with Crippen molar-refractivity contribution in [2.75, 3.05) is 27.2 Å². The van der Waals surface area contributed by atoms with Crippen LogP contribution in [-0.2, 0) is 0 Å². The monoisotopic (exact) mass is 288 g/mol. The van der Waals surface area contributed by atoms with Crippen molar-refractivity contribution in [1.82, 2.24) is 9.80 Å². The Balaban J connectivity index is 2.13. The van der Waals surface area contributed by atoms with Gasteiger partial charge in [-0.15, -0.1) is 0 Å². The maximum absolute atomic E-state index is 12.8. The van der Waals surface area contributed by atoms with Gasteiger partial charge in [0.15, 0.2) is 5.78 Å². The predicted molar refractivity (Wildman–Crippen MR) is 88.0 cm³/mol. The summed E-state index contributed by atoms with van der Waals surface area (Å²) in [6, 6.07) is 6.68. The van der Waals surface area contributed by atoms with Crippen molar-refractivity contribution in [1.29, 1.82) is 0 Å². The highest BCUT2D eigenvalue weighted by molar-refractivity contribution is 6.01. The molecule has 0 aromatic heterocycles. The Kier molecular flexibility index (Phi) is 5.17. The molecule has 1 aliphatic rings. The van der Waals surface area contributed by atoms with Gasteiger partial charge >= 0.3 is 0 Å². The van der Waals surface area contributed by atoms with Gasteiger partial charge < -0.3 is 4.90 Å². The van der Waals surface area contributed by atoms with E-state index in [9.17, 15) is 4.79 Å². The molecule has 2 rings (SSSR count). The minimum atomic E-state index is -0.0340. The molecular formula is C18H28N2O. The molecule has 116 valence electrons. The summed E-state index contributed by atoms with van der Waals surface area (Å²) in [5.41, 5.74) is 3.12. The summed E-state index contributed by atoms with van der Waals surface area (Å²) >= 11 is 0. The third-order valence-electron chi connectivity index (χ3n) is 4.74. The molecule has 0 aliphatic carbocycles. The molecule has 2 atom stereocenters. The smallest absolute Gasteiger partial charge is 0.179 e. The number of likely N-dealkylation sites (tertiary alicyclic amines) is 1. The van der Waals surface area contributed by atoms with Crippen molar-refractivity contribution in [3.63, 3.8) is 0 Å². The fourth-order valence-corrected chi connectivity index (χ4v) is 3.15. The first kappa shape index (κ1) is 16.2. The first-order valence-corrected chi connectivity index (χ1v) is 7.92. The van der Waals surface area contributed by atoms with Gasteiger partial charge in [-0.2, -0.15) is 0 Å². The topological polar surface area (TPSA) is 23.6 Å². The lowest BCUT2D eigenvalue weighted by Crippen LogP contribution is -2.50. The molecule has 3 heteroatoms. The van der Waals surface area contributed by atoms with E-state index in [1.807, 2.05) is 26.0 Å². The number of rotatable bonds is 4. The zero-order valence-electron chi connectivity index (χ0n) is 14.0. The fraction of sp³-hybridized carbons (Fsp3) is 0.611. The number of carbonyl (C=O) groups is 1. The molecule has 21 heavy (non-hydrogen) atoms. The summed E-state index contributed by atoms with van der Waals surface area (Å²) in [7, 11) is 4.26.